The predicted molar refractivity (Wildman–Crippen MR) is 93.1 cm³/mol. The monoisotopic (exact) mass is 344 g/mol. The fraction of sp³-hybridized carbons (Fsp3) is 0.474. The SMILES string of the molecule is COc1cccc(OCC2CCCN(C(=O)c3nc(C)oc3C)C2)c1. The van der Waals surface area contributed by atoms with Crippen molar-refractivity contribution in [2.45, 2.75) is 26.7 Å². The van der Waals surface area contributed by atoms with Gasteiger partial charge in [0.05, 0.1) is 13.7 Å². The summed E-state index contributed by atoms with van der Waals surface area (Å²) in [5.41, 5.74) is 0.423. The van der Waals surface area contributed by atoms with Crippen LogP contribution in [0.1, 0.15) is 35.0 Å². The van der Waals surface area contributed by atoms with Gasteiger partial charge in [0, 0.05) is 32.0 Å². The second-order valence-electron chi connectivity index (χ2n) is 6.39. The van der Waals surface area contributed by atoms with Crippen molar-refractivity contribution in [2.75, 3.05) is 26.8 Å². The highest BCUT2D eigenvalue weighted by Gasteiger charge is 2.28. The number of aryl methyl sites for hydroxylation is 2. The Morgan fingerprint density at radius 1 is 1.36 bits per heavy atom. The molecule has 1 atom stereocenters. The van der Waals surface area contributed by atoms with E-state index in [0.29, 0.717) is 36.4 Å². The zero-order valence-electron chi connectivity index (χ0n) is 14.9. The number of carbonyl (C=O) groups excluding carboxylic acids is 1. The first kappa shape index (κ1) is 17.3. The maximum absolute atomic E-state index is 12.7. The van der Waals surface area contributed by atoms with Crippen LogP contribution in [-0.2, 0) is 0 Å². The molecular weight excluding hydrogens is 320 g/mol. The van der Waals surface area contributed by atoms with E-state index in [0.717, 1.165) is 30.9 Å². The molecule has 3 rings (SSSR count). The molecule has 25 heavy (non-hydrogen) atoms. The smallest absolute Gasteiger partial charge is 0.276 e. The first-order valence-electron chi connectivity index (χ1n) is 8.57. The Balaban J connectivity index is 1.59. The van der Waals surface area contributed by atoms with Gasteiger partial charge < -0.3 is 18.8 Å². The van der Waals surface area contributed by atoms with Crippen LogP contribution in [-0.4, -0.2) is 42.6 Å². The van der Waals surface area contributed by atoms with Crippen molar-refractivity contribution in [3.63, 3.8) is 0 Å². The van der Waals surface area contributed by atoms with Crippen LogP contribution < -0.4 is 9.47 Å². The van der Waals surface area contributed by atoms with E-state index in [4.69, 9.17) is 13.9 Å². The number of hydrogen-bond acceptors (Lipinski definition) is 5. The van der Waals surface area contributed by atoms with E-state index in [1.807, 2.05) is 29.2 Å². The minimum Gasteiger partial charge on any atom is -0.497 e. The van der Waals surface area contributed by atoms with Crippen LogP contribution in [0.3, 0.4) is 0 Å². The van der Waals surface area contributed by atoms with Gasteiger partial charge >= 0.3 is 0 Å². The van der Waals surface area contributed by atoms with Crippen LogP contribution in [0.25, 0.3) is 0 Å². The number of likely N-dealkylation sites (tertiary alicyclic amines) is 1. The number of aromatic nitrogens is 1. The molecule has 134 valence electrons. The maximum Gasteiger partial charge on any atom is 0.276 e. The summed E-state index contributed by atoms with van der Waals surface area (Å²) in [5, 5.41) is 0. The minimum absolute atomic E-state index is 0.0552. The van der Waals surface area contributed by atoms with Crippen LogP contribution in [0.2, 0.25) is 0 Å². The summed E-state index contributed by atoms with van der Waals surface area (Å²) in [5.74, 6) is 2.91. The van der Waals surface area contributed by atoms with Gasteiger partial charge in [0.25, 0.3) is 5.91 Å². The van der Waals surface area contributed by atoms with Crippen molar-refractivity contribution in [1.29, 1.82) is 0 Å². The van der Waals surface area contributed by atoms with Crippen molar-refractivity contribution in [3.8, 4) is 11.5 Å². The molecule has 1 amide bonds. The Labute approximate surface area is 147 Å². The van der Waals surface area contributed by atoms with Crippen LogP contribution in [0.15, 0.2) is 28.7 Å². The molecule has 0 radical (unpaired) electrons. The van der Waals surface area contributed by atoms with Crippen LogP contribution >= 0.6 is 0 Å². The number of hydrogen-bond donors (Lipinski definition) is 0. The lowest BCUT2D eigenvalue weighted by Gasteiger charge is -2.32. The number of piperidine rings is 1. The van der Waals surface area contributed by atoms with E-state index in [-0.39, 0.29) is 5.91 Å². The van der Waals surface area contributed by atoms with Crippen molar-refractivity contribution in [2.24, 2.45) is 5.92 Å². The summed E-state index contributed by atoms with van der Waals surface area (Å²) in [6.45, 7) is 5.53. The summed E-state index contributed by atoms with van der Waals surface area (Å²) in [7, 11) is 1.64. The lowest BCUT2D eigenvalue weighted by molar-refractivity contribution is 0.0626. The minimum atomic E-state index is -0.0552. The average molecular weight is 344 g/mol. The van der Waals surface area contributed by atoms with Crippen molar-refractivity contribution >= 4 is 5.91 Å². The lowest BCUT2D eigenvalue weighted by Crippen LogP contribution is -2.42. The maximum atomic E-state index is 12.7. The largest absolute Gasteiger partial charge is 0.497 e. The third-order valence-electron chi connectivity index (χ3n) is 4.44. The molecule has 0 saturated carbocycles. The fourth-order valence-corrected chi connectivity index (χ4v) is 3.17. The van der Waals surface area contributed by atoms with Crippen molar-refractivity contribution in [3.05, 3.63) is 41.6 Å². The Hall–Kier alpha value is -2.50. The molecule has 0 N–H and O–H groups in total. The van der Waals surface area contributed by atoms with E-state index in [2.05, 4.69) is 4.98 Å². The Morgan fingerprint density at radius 2 is 2.16 bits per heavy atom. The molecule has 2 aromatic rings. The molecule has 2 heterocycles. The molecule has 0 spiro atoms. The second kappa shape index (κ2) is 7.59. The number of oxazole rings is 1. The molecule has 0 bridgehead atoms. The van der Waals surface area contributed by atoms with E-state index >= 15 is 0 Å². The molecule has 0 aliphatic carbocycles. The lowest BCUT2D eigenvalue weighted by atomic mass is 9.98. The number of carbonyl (C=O) groups is 1. The Bertz CT molecular complexity index is 741. The van der Waals surface area contributed by atoms with Crippen LogP contribution in [0.4, 0.5) is 0 Å². The van der Waals surface area contributed by atoms with Gasteiger partial charge in [-0.25, -0.2) is 4.98 Å². The summed E-state index contributed by atoms with van der Waals surface area (Å²) >= 11 is 0. The average Bonchev–Trinajstić information content (AvgIpc) is 2.98. The molecule has 1 fully saturated rings. The van der Waals surface area contributed by atoms with Gasteiger partial charge in [-0.2, -0.15) is 0 Å². The van der Waals surface area contributed by atoms with Gasteiger partial charge in [-0.15, -0.1) is 0 Å². The summed E-state index contributed by atoms with van der Waals surface area (Å²) < 4.78 is 16.5. The molecule has 1 aromatic heterocycles. The molecule has 1 unspecified atom stereocenters. The molecular formula is C19H24N2O4. The summed E-state index contributed by atoms with van der Waals surface area (Å²) in [4.78, 5) is 18.8. The Morgan fingerprint density at radius 3 is 2.88 bits per heavy atom. The number of methoxy groups -OCH3 is 1. The highest BCUT2D eigenvalue weighted by atomic mass is 16.5. The Kier molecular flexibility index (Phi) is 5.26. The van der Waals surface area contributed by atoms with Gasteiger partial charge in [0.2, 0.25) is 0 Å². The highest BCUT2D eigenvalue weighted by Crippen LogP contribution is 2.23. The molecule has 1 aliphatic heterocycles. The van der Waals surface area contributed by atoms with Gasteiger partial charge in [-0.1, -0.05) is 6.07 Å². The van der Waals surface area contributed by atoms with Crippen molar-refractivity contribution < 1.29 is 18.7 Å². The molecule has 6 heteroatoms. The van der Waals surface area contributed by atoms with E-state index in [1.165, 1.54) is 0 Å². The van der Waals surface area contributed by atoms with E-state index < -0.39 is 0 Å². The topological polar surface area (TPSA) is 64.8 Å². The van der Waals surface area contributed by atoms with Crippen LogP contribution in [0.5, 0.6) is 11.5 Å². The predicted octanol–water partition coefficient (Wildman–Crippen LogP) is 3.23. The van der Waals surface area contributed by atoms with Crippen LogP contribution in [0, 0.1) is 19.8 Å². The number of ether oxygens (including phenoxy) is 2. The number of nitrogens with zero attached hydrogens (tertiary/aromatic N) is 2. The van der Waals surface area contributed by atoms with E-state index in [1.54, 1.807) is 21.0 Å². The van der Waals surface area contributed by atoms with Gasteiger partial charge in [-0.3, -0.25) is 4.79 Å². The molecule has 1 saturated heterocycles. The third-order valence-corrected chi connectivity index (χ3v) is 4.44. The molecule has 1 aromatic carbocycles. The summed E-state index contributed by atoms with van der Waals surface area (Å²) in [6.07, 6.45) is 2.01. The fourth-order valence-electron chi connectivity index (χ4n) is 3.17. The number of amides is 1. The van der Waals surface area contributed by atoms with Gasteiger partial charge in [-0.05, 0) is 31.9 Å². The molecule has 6 nitrogen and oxygen atoms in total. The standard InChI is InChI=1S/C19H24N2O4/c1-13-18(20-14(2)25-13)19(22)21-9-5-6-15(11-21)12-24-17-8-4-7-16(10-17)23-3/h4,7-8,10,15H,5-6,9,11-12H2,1-3H3. The number of benzene rings is 1. The summed E-state index contributed by atoms with van der Waals surface area (Å²) in [6, 6.07) is 7.57. The normalized spacial score (nSPS) is 17.4. The first-order valence-corrected chi connectivity index (χ1v) is 8.57. The van der Waals surface area contributed by atoms with Crippen molar-refractivity contribution in [1.82, 2.24) is 9.88 Å². The zero-order valence-corrected chi connectivity index (χ0v) is 14.9. The van der Waals surface area contributed by atoms with E-state index in [9.17, 15) is 4.79 Å². The quantitative estimate of drug-likeness (QED) is 0.833. The third kappa shape index (κ3) is 4.13. The second-order valence-corrected chi connectivity index (χ2v) is 6.39. The number of rotatable bonds is 5. The van der Waals surface area contributed by atoms with Gasteiger partial charge in [0.1, 0.15) is 17.3 Å². The highest BCUT2D eigenvalue weighted by molar-refractivity contribution is 5.93. The van der Waals surface area contributed by atoms with Gasteiger partial charge in [0.15, 0.2) is 11.6 Å². The first-order chi connectivity index (χ1) is 12.1. The molecule has 1 aliphatic rings. The zero-order chi connectivity index (χ0) is 17.8.